The molecule has 0 radical (unpaired) electrons. The Morgan fingerprint density at radius 1 is 0.929 bits per heavy atom. The van der Waals surface area contributed by atoms with Crippen LogP contribution in [0.2, 0.25) is 0 Å². The minimum Gasteiger partial charge on any atom is -0.480 e. The van der Waals surface area contributed by atoms with Crippen LogP contribution >= 0.6 is 0 Å². The highest BCUT2D eigenvalue weighted by atomic mass is 16.5. The minimum atomic E-state index is 0.0982. The highest BCUT2D eigenvalue weighted by Gasteiger charge is 2.18. The summed E-state index contributed by atoms with van der Waals surface area (Å²) in [5, 5.41) is 5.16. The topological polar surface area (TPSA) is 61.0 Å². The molecule has 2 aromatic heterocycles. The third-order valence-corrected chi connectivity index (χ3v) is 4.80. The van der Waals surface area contributed by atoms with E-state index in [-0.39, 0.29) is 5.41 Å². The van der Waals surface area contributed by atoms with E-state index in [2.05, 4.69) is 54.1 Å². The van der Waals surface area contributed by atoms with Crippen molar-refractivity contribution in [3.63, 3.8) is 0 Å². The lowest BCUT2D eigenvalue weighted by Crippen LogP contribution is -2.10. The number of ether oxygens (including phenoxy) is 1. The highest BCUT2D eigenvalue weighted by molar-refractivity contribution is 5.85. The number of aryl methyl sites for hydroxylation is 1. The molecule has 0 saturated heterocycles. The molecule has 0 unspecified atom stereocenters. The number of hydrogen-bond donors (Lipinski definition) is 0. The molecule has 5 nitrogen and oxygen atoms in total. The molecule has 2 heterocycles. The van der Waals surface area contributed by atoms with Crippen LogP contribution in [0.3, 0.4) is 0 Å². The first-order chi connectivity index (χ1) is 13.3. The summed E-state index contributed by atoms with van der Waals surface area (Å²) < 4.78 is 11.0. The van der Waals surface area contributed by atoms with Crippen molar-refractivity contribution < 1.29 is 9.26 Å². The number of methoxy groups -OCH3 is 1. The molecule has 0 aliphatic rings. The lowest BCUT2D eigenvalue weighted by molar-refractivity contribution is 0.399. The fraction of sp³-hybridized carbons (Fsp3) is 0.261. The predicted molar refractivity (Wildman–Crippen MR) is 110 cm³/mol. The van der Waals surface area contributed by atoms with Crippen LogP contribution in [0.25, 0.3) is 33.7 Å². The summed E-state index contributed by atoms with van der Waals surface area (Å²) in [7, 11) is 1.60. The molecule has 2 aromatic carbocycles. The largest absolute Gasteiger partial charge is 0.480 e. The van der Waals surface area contributed by atoms with Gasteiger partial charge in [-0.15, -0.1) is 0 Å². The average Bonchev–Trinajstić information content (AvgIpc) is 3.16. The zero-order chi connectivity index (χ0) is 19.9. The smallest absolute Gasteiger partial charge is 0.258 e. The van der Waals surface area contributed by atoms with Crippen molar-refractivity contribution >= 4 is 10.9 Å². The molecule has 4 aromatic rings. The van der Waals surface area contributed by atoms with Crippen molar-refractivity contribution in [2.24, 2.45) is 0 Å². The van der Waals surface area contributed by atoms with Gasteiger partial charge in [0.2, 0.25) is 11.7 Å². The second kappa shape index (κ2) is 6.75. The second-order valence-electron chi connectivity index (χ2n) is 7.99. The molecule has 0 atom stereocenters. The molecule has 0 spiro atoms. The zero-order valence-corrected chi connectivity index (χ0v) is 16.8. The minimum absolute atomic E-state index is 0.0982. The maximum absolute atomic E-state index is 5.52. The molecule has 5 heteroatoms. The van der Waals surface area contributed by atoms with E-state index in [9.17, 15) is 0 Å². The molecular weight excluding hydrogens is 350 g/mol. The van der Waals surface area contributed by atoms with Crippen molar-refractivity contribution in [1.82, 2.24) is 15.1 Å². The summed E-state index contributed by atoms with van der Waals surface area (Å²) in [6.45, 7) is 8.60. The Labute approximate surface area is 164 Å². The van der Waals surface area contributed by atoms with Gasteiger partial charge in [0.1, 0.15) is 0 Å². The van der Waals surface area contributed by atoms with Gasteiger partial charge in [0.15, 0.2) is 0 Å². The number of pyridine rings is 1. The first-order valence-corrected chi connectivity index (χ1v) is 9.25. The van der Waals surface area contributed by atoms with Crippen LogP contribution in [0.5, 0.6) is 5.88 Å². The molecular formula is C23H23N3O2. The summed E-state index contributed by atoms with van der Waals surface area (Å²) in [4.78, 5) is 9.19. The zero-order valence-electron chi connectivity index (χ0n) is 16.8. The second-order valence-corrected chi connectivity index (χ2v) is 7.99. The average molecular weight is 373 g/mol. The van der Waals surface area contributed by atoms with Crippen molar-refractivity contribution in [3.8, 4) is 28.7 Å². The first-order valence-electron chi connectivity index (χ1n) is 9.25. The lowest BCUT2D eigenvalue weighted by Gasteiger charge is -2.18. The van der Waals surface area contributed by atoms with Gasteiger partial charge in [-0.3, -0.25) is 0 Å². The Kier molecular flexibility index (Phi) is 4.38. The Morgan fingerprint density at radius 3 is 2.36 bits per heavy atom. The van der Waals surface area contributed by atoms with E-state index in [4.69, 9.17) is 9.26 Å². The summed E-state index contributed by atoms with van der Waals surface area (Å²) in [5.74, 6) is 1.41. The molecule has 0 saturated carbocycles. The summed E-state index contributed by atoms with van der Waals surface area (Å²) in [5.41, 5.74) is 4.97. The molecule has 0 N–H and O–H groups in total. The van der Waals surface area contributed by atoms with Gasteiger partial charge in [-0.25, -0.2) is 4.98 Å². The van der Waals surface area contributed by atoms with Gasteiger partial charge in [0.05, 0.1) is 18.2 Å². The van der Waals surface area contributed by atoms with E-state index in [1.807, 2.05) is 37.3 Å². The van der Waals surface area contributed by atoms with Crippen LogP contribution in [-0.2, 0) is 5.41 Å². The van der Waals surface area contributed by atoms with E-state index >= 15 is 0 Å². The molecule has 28 heavy (non-hydrogen) atoms. The van der Waals surface area contributed by atoms with E-state index in [1.165, 1.54) is 5.56 Å². The van der Waals surface area contributed by atoms with Gasteiger partial charge in [-0.1, -0.05) is 50.2 Å². The predicted octanol–water partition coefficient (Wildman–Crippen LogP) is 5.57. The fourth-order valence-corrected chi connectivity index (χ4v) is 3.14. The molecule has 142 valence electrons. The Hall–Kier alpha value is -3.21. The lowest BCUT2D eigenvalue weighted by atomic mass is 9.87. The fourth-order valence-electron chi connectivity index (χ4n) is 3.14. The Morgan fingerprint density at radius 2 is 1.68 bits per heavy atom. The number of aromatic nitrogens is 3. The van der Waals surface area contributed by atoms with Crippen molar-refractivity contribution in [3.05, 3.63) is 59.7 Å². The quantitative estimate of drug-likeness (QED) is 0.470. The third kappa shape index (κ3) is 3.36. The Balaban J connectivity index is 1.74. The van der Waals surface area contributed by atoms with Crippen LogP contribution in [0.1, 0.15) is 31.9 Å². The van der Waals surface area contributed by atoms with Crippen LogP contribution in [0.15, 0.2) is 53.1 Å². The molecule has 0 fully saturated rings. The number of fused-ring (bicyclic) bond motifs is 1. The summed E-state index contributed by atoms with van der Waals surface area (Å²) in [6, 6.07) is 16.3. The number of hydrogen-bond acceptors (Lipinski definition) is 5. The number of rotatable bonds is 3. The van der Waals surface area contributed by atoms with Crippen LogP contribution in [0.4, 0.5) is 0 Å². The molecule has 0 aliphatic carbocycles. The maximum Gasteiger partial charge on any atom is 0.258 e. The number of benzene rings is 2. The van der Waals surface area contributed by atoms with E-state index < -0.39 is 0 Å². The monoisotopic (exact) mass is 373 g/mol. The van der Waals surface area contributed by atoms with Crippen molar-refractivity contribution in [2.75, 3.05) is 7.11 Å². The van der Waals surface area contributed by atoms with Gasteiger partial charge in [0, 0.05) is 10.9 Å². The first kappa shape index (κ1) is 18.2. The van der Waals surface area contributed by atoms with Crippen molar-refractivity contribution in [1.29, 1.82) is 0 Å². The van der Waals surface area contributed by atoms with E-state index in [0.29, 0.717) is 23.2 Å². The number of nitrogens with zero attached hydrogens (tertiary/aromatic N) is 3. The molecule has 4 rings (SSSR count). The summed E-state index contributed by atoms with van der Waals surface area (Å²) in [6.07, 6.45) is 0. The van der Waals surface area contributed by atoms with Gasteiger partial charge < -0.3 is 9.26 Å². The standard InChI is InChI=1S/C23H23N3O2/c1-14-6-7-16-13-18(22(27-5)24-19(16)12-14)20-25-21(28-26-20)15-8-10-17(11-9-15)23(2,3)4/h6-13H,1-5H3. The van der Waals surface area contributed by atoms with Gasteiger partial charge in [-0.2, -0.15) is 4.98 Å². The van der Waals surface area contributed by atoms with Crippen LogP contribution < -0.4 is 4.74 Å². The van der Waals surface area contributed by atoms with E-state index in [1.54, 1.807) is 7.11 Å². The molecule has 0 aliphatic heterocycles. The van der Waals surface area contributed by atoms with Gasteiger partial charge in [-0.05, 0) is 47.7 Å². The van der Waals surface area contributed by atoms with Crippen LogP contribution in [-0.4, -0.2) is 22.2 Å². The Bertz CT molecular complexity index is 1140. The van der Waals surface area contributed by atoms with Crippen LogP contribution in [0, 0.1) is 6.92 Å². The molecule has 0 bridgehead atoms. The van der Waals surface area contributed by atoms with Gasteiger partial charge in [0.25, 0.3) is 5.89 Å². The maximum atomic E-state index is 5.52. The highest BCUT2D eigenvalue weighted by Crippen LogP contribution is 2.32. The summed E-state index contributed by atoms with van der Waals surface area (Å²) >= 11 is 0. The normalized spacial score (nSPS) is 11.8. The van der Waals surface area contributed by atoms with Crippen molar-refractivity contribution in [2.45, 2.75) is 33.1 Å². The third-order valence-electron chi connectivity index (χ3n) is 4.80. The SMILES string of the molecule is COc1nc2cc(C)ccc2cc1-c1noc(-c2ccc(C(C)(C)C)cc2)n1. The van der Waals surface area contributed by atoms with E-state index in [0.717, 1.165) is 22.0 Å². The molecule has 0 amide bonds. The van der Waals surface area contributed by atoms with Gasteiger partial charge >= 0.3 is 0 Å².